The molecule has 84 valence electrons. The maximum Gasteiger partial charge on any atom is 0.586 e. The zero-order valence-corrected chi connectivity index (χ0v) is 8.53. The SMILES string of the molecule is CNc1cc2c(cc1N)OC(F)(F)O2.Cl. The summed E-state index contributed by atoms with van der Waals surface area (Å²) in [6.07, 6.45) is -3.60. The first-order chi connectivity index (χ1) is 6.52. The predicted octanol–water partition coefficient (Wildman–Crippen LogP) is 2.05. The molecule has 3 N–H and O–H groups in total. The van der Waals surface area contributed by atoms with Crippen molar-refractivity contribution < 1.29 is 18.3 Å². The minimum atomic E-state index is -3.60. The van der Waals surface area contributed by atoms with Crippen LogP contribution in [-0.4, -0.2) is 13.3 Å². The van der Waals surface area contributed by atoms with E-state index in [9.17, 15) is 8.78 Å². The van der Waals surface area contributed by atoms with Gasteiger partial charge in [-0.05, 0) is 0 Å². The molecule has 0 amide bonds. The average Bonchev–Trinajstić information content (AvgIpc) is 2.36. The Kier molecular flexibility index (Phi) is 2.81. The van der Waals surface area contributed by atoms with Crippen LogP contribution >= 0.6 is 12.4 Å². The average molecular weight is 239 g/mol. The van der Waals surface area contributed by atoms with Gasteiger partial charge in [-0.25, -0.2) is 0 Å². The molecule has 0 fully saturated rings. The Bertz CT molecular complexity index is 387. The summed E-state index contributed by atoms with van der Waals surface area (Å²) in [6, 6.07) is 2.66. The quantitative estimate of drug-likeness (QED) is 0.736. The number of nitrogens with two attached hydrogens (primary N) is 1. The van der Waals surface area contributed by atoms with Gasteiger partial charge in [-0.2, -0.15) is 0 Å². The normalized spacial score (nSPS) is 15.7. The van der Waals surface area contributed by atoms with Gasteiger partial charge in [0.2, 0.25) is 0 Å². The number of hydrogen-bond donors (Lipinski definition) is 2. The molecule has 7 heteroatoms. The largest absolute Gasteiger partial charge is 0.586 e. The molecule has 0 radical (unpaired) electrons. The van der Waals surface area contributed by atoms with Crippen LogP contribution in [0.1, 0.15) is 0 Å². The standard InChI is InChI=1S/C8H8F2N2O2.ClH/c1-12-5-3-7-6(2-4(5)11)13-8(9,10)14-7;/h2-3,12H,11H2,1H3;1H. The van der Waals surface area contributed by atoms with Crippen LogP contribution in [-0.2, 0) is 0 Å². The van der Waals surface area contributed by atoms with Crippen LogP contribution in [0.15, 0.2) is 12.1 Å². The molecule has 1 aromatic rings. The highest BCUT2D eigenvalue weighted by molar-refractivity contribution is 5.85. The van der Waals surface area contributed by atoms with E-state index in [0.717, 1.165) is 0 Å². The van der Waals surface area contributed by atoms with Gasteiger partial charge in [0.25, 0.3) is 0 Å². The maximum atomic E-state index is 12.6. The number of rotatable bonds is 1. The Morgan fingerprint density at radius 1 is 1.27 bits per heavy atom. The molecule has 0 unspecified atom stereocenters. The first-order valence-electron chi connectivity index (χ1n) is 3.89. The lowest BCUT2D eigenvalue weighted by Gasteiger charge is -2.04. The van der Waals surface area contributed by atoms with E-state index in [1.807, 2.05) is 0 Å². The van der Waals surface area contributed by atoms with E-state index in [2.05, 4.69) is 14.8 Å². The highest BCUT2D eigenvalue weighted by atomic mass is 35.5. The topological polar surface area (TPSA) is 56.5 Å². The third-order valence-corrected chi connectivity index (χ3v) is 1.84. The van der Waals surface area contributed by atoms with Crippen LogP contribution in [0.2, 0.25) is 0 Å². The van der Waals surface area contributed by atoms with Gasteiger partial charge in [0.1, 0.15) is 0 Å². The van der Waals surface area contributed by atoms with E-state index < -0.39 is 6.29 Å². The smallest absolute Gasteiger partial charge is 0.397 e. The van der Waals surface area contributed by atoms with Gasteiger partial charge in [0.15, 0.2) is 11.5 Å². The number of anilines is 2. The summed E-state index contributed by atoms with van der Waals surface area (Å²) in [6.45, 7) is 0. The zero-order valence-electron chi connectivity index (χ0n) is 7.71. The van der Waals surface area contributed by atoms with Gasteiger partial charge in [-0.15, -0.1) is 21.2 Å². The first-order valence-corrected chi connectivity index (χ1v) is 3.89. The summed E-state index contributed by atoms with van der Waals surface area (Å²) in [5, 5.41) is 2.75. The lowest BCUT2D eigenvalue weighted by molar-refractivity contribution is -0.286. The molecular weight excluding hydrogens is 230 g/mol. The molecule has 4 nitrogen and oxygen atoms in total. The molecule has 0 saturated carbocycles. The number of alkyl halides is 2. The van der Waals surface area contributed by atoms with Crippen molar-refractivity contribution in [2.75, 3.05) is 18.1 Å². The van der Waals surface area contributed by atoms with Crippen molar-refractivity contribution in [2.24, 2.45) is 0 Å². The van der Waals surface area contributed by atoms with Gasteiger partial charge in [0.05, 0.1) is 11.4 Å². The van der Waals surface area contributed by atoms with Crippen molar-refractivity contribution in [3.63, 3.8) is 0 Å². The second kappa shape index (κ2) is 3.62. The van der Waals surface area contributed by atoms with Crippen LogP contribution in [0.25, 0.3) is 0 Å². The lowest BCUT2D eigenvalue weighted by Crippen LogP contribution is -2.25. The highest BCUT2D eigenvalue weighted by Crippen LogP contribution is 2.44. The third kappa shape index (κ3) is 1.99. The van der Waals surface area contributed by atoms with E-state index in [4.69, 9.17) is 5.73 Å². The number of nitrogen functional groups attached to an aromatic ring is 1. The molecular formula is C8H9ClF2N2O2. The minimum Gasteiger partial charge on any atom is -0.397 e. The summed E-state index contributed by atoms with van der Waals surface area (Å²) in [7, 11) is 1.63. The molecule has 0 saturated heterocycles. The fourth-order valence-corrected chi connectivity index (χ4v) is 1.23. The number of hydrogen-bond acceptors (Lipinski definition) is 4. The molecule has 0 atom stereocenters. The van der Waals surface area contributed by atoms with Crippen LogP contribution in [0, 0.1) is 0 Å². The van der Waals surface area contributed by atoms with Crippen LogP contribution in [0.4, 0.5) is 20.2 Å². The Morgan fingerprint density at radius 2 is 1.80 bits per heavy atom. The van der Waals surface area contributed by atoms with Crippen molar-refractivity contribution in [2.45, 2.75) is 6.29 Å². The Morgan fingerprint density at radius 3 is 2.33 bits per heavy atom. The van der Waals surface area contributed by atoms with Gasteiger partial charge in [-0.3, -0.25) is 0 Å². The summed E-state index contributed by atoms with van der Waals surface area (Å²) in [4.78, 5) is 0. The molecule has 0 aromatic heterocycles. The summed E-state index contributed by atoms with van der Waals surface area (Å²) in [5.74, 6) is -0.0694. The van der Waals surface area contributed by atoms with E-state index in [1.54, 1.807) is 7.05 Å². The molecule has 2 rings (SSSR count). The lowest BCUT2D eigenvalue weighted by atomic mass is 10.2. The van der Waals surface area contributed by atoms with E-state index in [0.29, 0.717) is 11.4 Å². The van der Waals surface area contributed by atoms with Gasteiger partial charge < -0.3 is 20.5 Å². The number of fused-ring (bicyclic) bond motifs is 1. The number of benzene rings is 1. The Hall–Kier alpha value is -1.43. The first kappa shape index (κ1) is 11.6. The monoisotopic (exact) mass is 238 g/mol. The van der Waals surface area contributed by atoms with Crippen LogP contribution in [0.3, 0.4) is 0 Å². The second-order valence-electron chi connectivity index (χ2n) is 2.80. The van der Waals surface area contributed by atoms with Crippen molar-refractivity contribution in [1.29, 1.82) is 0 Å². The van der Waals surface area contributed by atoms with Crippen LogP contribution < -0.4 is 20.5 Å². The molecule has 15 heavy (non-hydrogen) atoms. The van der Waals surface area contributed by atoms with E-state index >= 15 is 0 Å². The number of halogens is 3. The Balaban J connectivity index is 0.00000112. The zero-order chi connectivity index (χ0) is 10.3. The van der Waals surface area contributed by atoms with Gasteiger partial charge in [-0.1, -0.05) is 0 Å². The number of nitrogens with one attached hydrogen (secondary N) is 1. The van der Waals surface area contributed by atoms with E-state index in [1.165, 1.54) is 12.1 Å². The third-order valence-electron chi connectivity index (χ3n) is 1.84. The van der Waals surface area contributed by atoms with E-state index in [-0.39, 0.29) is 23.9 Å². The fraction of sp³-hybridized carbons (Fsp3) is 0.250. The predicted molar refractivity (Wildman–Crippen MR) is 53.9 cm³/mol. The second-order valence-corrected chi connectivity index (χ2v) is 2.80. The number of ether oxygens (including phenoxy) is 2. The summed E-state index contributed by atoms with van der Waals surface area (Å²) < 4.78 is 33.6. The van der Waals surface area contributed by atoms with Gasteiger partial charge in [0, 0.05) is 19.2 Å². The molecule has 1 aliphatic rings. The molecule has 1 heterocycles. The van der Waals surface area contributed by atoms with Gasteiger partial charge >= 0.3 is 6.29 Å². The molecule has 0 bridgehead atoms. The highest BCUT2D eigenvalue weighted by Gasteiger charge is 2.43. The molecule has 1 aliphatic heterocycles. The molecule has 1 aromatic carbocycles. The fourth-order valence-electron chi connectivity index (χ4n) is 1.23. The van der Waals surface area contributed by atoms with Crippen LogP contribution in [0.5, 0.6) is 11.5 Å². The molecule has 0 aliphatic carbocycles. The summed E-state index contributed by atoms with van der Waals surface area (Å²) >= 11 is 0. The maximum absolute atomic E-state index is 12.6. The Labute approximate surface area is 90.8 Å². The van der Waals surface area contributed by atoms with Crippen molar-refractivity contribution in [3.05, 3.63) is 12.1 Å². The molecule has 0 spiro atoms. The minimum absolute atomic E-state index is 0. The van der Waals surface area contributed by atoms with Crippen molar-refractivity contribution >= 4 is 23.8 Å². The summed E-state index contributed by atoms with van der Waals surface area (Å²) in [5.41, 5.74) is 6.39. The van der Waals surface area contributed by atoms with Crippen molar-refractivity contribution in [3.8, 4) is 11.5 Å². The van der Waals surface area contributed by atoms with Crippen molar-refractivity contribution in [1.82, 2.24) is 0 Å².